The quantitative estimate of drug-likeness (QED) is 0.840. The molecule has 0 bridgehead atoms. The summed E-state index contributed by atoms with van der Waals surface area (Å²) in [5, 5.41) is 0. The van der Waals surface area contributed by atoms with Crippen LogP contribution in [0.3, 0.4) is 0 Å². The van der Waals surface area contributed by atoms with Crippen LogP contribution in [0, 0.1) is 6.92 Å². The minimum atomic E-state index is -0.0474. The van der Waals surface area contributed by atoms with Gasteiger partial charge >= 0.3 is 0 Å². The summed E-state index contributed by atoms with van der Waals surface area (Å²) in [4.78, 5) is 16.9. The van der Waals surface area contributed by atoms with Crippen molar-refractivity contribution in [1.29, 1.82) is 0 Å². The van der Waals surface area contributed by atoms with E-state index in [1.807, 2.05) is 4.90 Å². The molecule has 5 nitrogen and oxygen atoms in total. The molecular formula is C18H24N2O3. The molecule has 0 radical (unpaired) electrons. The Labute approximate surface area is 137 Å². The number of carbonyl (C=O) groups is 1. The van der Waals surface area contributed by atoms with Gasteiger partial charge in [0.2, 0.25) is 5.76 Å². The fourth-order valence-corrected chi connectivity index (χ4v) is 3.14. The van der Waals surface area contributed by atoms with Gasteiger partial charge in [0, 0.05) is 31.9 Å². The number of aryl methyl sites for hydroxylation is 1. The molecule has 124 valence electrons. The third-order valence-electron chi connectivity index (χ3n) is 4.40. The normalized spacial score (nSPS) is 19.0. The summed E-state index contributed by atoms with van der Waals surface area (Å²) < 4.78 is 11.0. The Morgan fingerprint density at radius 1 is 1.00 bits per heavy atom. The number of nitrogens with zero attached hydrogens (tertiary/aromatic N) is 2. The van der Waals surface area contributed by atoms with Crippen molar-refractivity contribution in [2.45, 2.75) is 20.3 Å². The zero-order valence-corrected chi connectivity index (χ0v) is 13.9. The monoisotopic (exact) mass is 316 g/mol. The number of ether oxygens (including phenoxy) is 2. The van der Waals surface area contributed by atoms with E-state index in [0.717, 1.165) is 26.1 Å². The van der Waals surface area contributed by atoms with Crippen molar-refractivity contribution in [3.63, 3.8) is 0 Å². The maximum atomic E-state index is 12.7. The van der Waals surface area contributed by atoms with Crippen molar-refractivity contribution in [2.75, 3.05) is 44.3 Å². The molecule has 0 spiro atoms. The third kappa shape index (κ3) is 3.44. The second kappa shape index (κ2) is 6.94. The predicted octanol–water partition coefficient (Wildman–Crippen LogP) is 2.31. The third-order valence-corrected chi connectivity index (χ3v) is 4.40. The fraction of sp³-hybridized carbons (Fsp3) is 0.500. The summed E-state index contributed by atoms with van der Waals surface area (Å²) in [6, 6.07) is 8.40. The highest BCUT2D eigenvalue weighted by Gasteiger charge is 2.27. The maximum absolute atomic E-state index is 12.7. The summed E-state index contributed by atoms with van der Waals surface area (Å²) in [6.07, 6.45) is 0.952. The predicted molar refractivity (Wildman–Crippen MR) is 89.2 cm³/mol. The molecule has 23 heavy (non-hydrogen) atoms. The minimum absolute atomic E-state index is 0.0474. The molecule has 2 aliphatic rings. The van der Waals surface area contributed by atoms with Crippen LogP contribution >= 0.6 is 0 Å². The largest absolute Gasteiger partial charge is 0.491 e. The van der Waals surface area contributed by atoms with Gasteiger partial charge in [0.25, 0.3) is 5.91 Å². The Kier molecular flexibility index (Phi) is 4.74. The Balaban J connectivity index is 1.69. The second-order valence-electron chi connectivity index (χ2n) is 6.00. The van der Waals surface area contributed by atoms with Crippen LogP contribution in [-0.2, 0) is 14.3 Å². The molecular weight excluding hydrogens is 292 g/mol. The molecule has 1 saturated heterocycles. The van der Waals surface area contributed by atoms with Crippen LogP contribution in [0.1, 0.15) is 18.9 Å². The number of hydrogen-bond acceptors (Lipinski definition) is 4. The van der Waals surface area contributed by atoms with Gasteiger partial charge in [-0.2, -0.15) is 0 Å². The van der Waals surface area contributed by atoms with Crippen molar-refractivity contribution in [2.24, 2.45) is 0 Å². The van der Waals surface area contributed by atoms with E-state index in [-0.39, 0.29) is 5.91 Å². The first-order valence-electron chi connectivity index (χ1n) is 8.23. The molecule has 0 saturated carbocycles. The molecule has 1 amide bonds. The van der Waals surface area contributed by atoms with E-state index in [1.54, 1.807) is 6.92 Å². The molecule has 0 N–H and O–H groups in total. The number of para-hydroxylation sites is 1. The van der Waals surface area contributed by atoms with E-state index < -0.39 is 0 Å². The van der Waals surface area contributed by atoms with Crippen LogP contribution in [-0.4, -0.2) is 50.2 Å². The lowest BCUT2D eigenvalue weighted by Gasteiger charge is -2.26. The van der Waals surface area contributed by atoms with Crippen molar-refractivity contribution in [1.82, 2.24) is 4.90 Å². The summed E-state index contributed by atoms with van der Waals surface area (Å²) in [7, 11) is 0. The number of hydrogen-bond donors (Lipinski definition) is 0. The van der Waals surface area contributed by atoms with E-state index in [1.165, 1.54) is 11.3 Å². The average Bonchev–Trinajstić information content (AvgIpc) is 2.81. The second-order valence-corrected chi connectivity index (χ2v) is 6.00. The molecule has 0 aromatic heterocycles. The number of rotatable bonds is 2. The lowest BCUT2D eigenvalue weighted by molar-refractivity contribution is -0.132. The van der Waals surface area contributed by atoms with Crippen LogP contribution in [0.15, 0.2) is 35.8 Å². The number of carbonyl (C=O) groups excluding carboxylic acids is 1. The Bertz CT molecular complexity index is 612. The smallest absolute Gasteiger partial charge is 0.292 e. The van der Waals surface area contributed by atoms with Gasteiger partial charge in [0.15, 0.2) is 0 Å². The van der Waals surface area contributed by atoms with Crippen molar-refractivity contribution < 1.29 is 14.3 Å². The highest BCUT2D eigenvalue weighted by Crippen LogP contribution is 2.22. The highest BCUT2D eigenvalue weighted by atomic mass is 16.6. The van der Waals surface area contributed by atoms with E-state index in [9.17, 15) is 4.79 Å². The van der Waals surface area contributed by atoms with Crippen molar-refractivity contribution in [3.05, 3.63) is 41.3 Å². The average molecular weight is 316 g/mol. The zero-order valence-electron chi connectivity index (χ0n) is 13.9. The summed E-state index contributed by atoms with van der Waals surface area (Å²) in [5.74, 6) is 0.927. The molecule has 0 aliphatic carbocycles. The van der Waals surface area contributed by atoms with Gasteiger partial charge in [-0.05, 0) is 31.9 Å². The summed E-state index contributed by atoms with van der Waals surface area (Å²) >= 11 is 0. The van der Waals surface area contributed by atoms with Gasteiger partial charge < -0.3 is 19.3 Å². The number of amides is 1. The topological polar surface area (TPSA) is 42.0 Å². The van der Waals surface area contributed by atoms with Gasteiger partial charge in [-0.25, -0.2) is 0 Å². The number of benzene rings is 1. The molecule has 2 heterocycles. The van der Waals surface area contributed by atoms with Crippen molar-refractivity contribution >= 4 is 11.6 Å². The molecule has 1 aromatic carbocycles. The minimum Gasteiger partial charge on any atom is -0.491 e. The Morgan fingerprint density at radius 3 is 2.57 bits per heavy atom. The van der Waals surface area contributed by atoms with Crippen LogP contribution in [0.5, 0.6) is 0 Å². The lowest BCUT2D eigenvalue weighted by atomic mass is 10.2. The van der Waals surface area contributed by atoms with E-state index in [2.05, 4.69) is 36.1 Å². The van der Waals surface area contributed by atoms with E-state index in [4.69, 9.17) is 9.47 Å². The van der Waals surface area contributed by atoms with Gasteiger partial charge in [-0.15, -0.1) is 0 Å². The molecule has 2 aliphatic heterocycles. The number of allylic oxidation sites excluding steroid dienone is 1. The molecule has 1 fully saturated rings. The summed E-state index contributed by atoms with van der Waals surface area (Å²) in [6.45, 7) is 8.14. The lowest BCUT2D eigenvalue weighted by Crippen LogP contribution is -2.38. The SMILES string of the molecule is CC1=C(C(=O)N2CCCN(c3ccccc3C)CC2)OCCO1. The first-order chi connectivity index (χ1) is 11.2. The first-order valence-corrected chi connectivity index (χ1v) is 8.23. The van der Waals surface area contributed by atoms with Gasteiger partial charge in [0.1, 0.15) is 19.0 Å². The highest BCUT2D eigenvalue weighted by molar-refractivity contribution is 5.92. The van der Waals surface area contributed by atoms with Gasteiger partial charge in [0.05, 0.1) is 0 Å². The summed E-state index contributed by atoms with van der Waals surface area (Å²) in [5.41, 5.74) is 2.53. The van der Waals surface area contributed by atoms with Gasteiger partial charge in [-0.3, -0.25) is 4.79 Å². The van der Waals surface area contributed by atoms with Crippen molar-refractivity contribution in [3.8, 4) is 0 Å². The van der Waals surface area contributed by atoms with Gasteiger partial charge in [-0.1, -0.05) is 18.2 Å². The van der Waals surface area contributed by atoms with Crippen LogP contribution in [0.4, 0.5) is 5.69 Å². The van der Waals surface area contributed by atoms with E-state index in [0.29, 0.717) is 31.3 Å². The standard InChI is InChI=1S/C18H24N2O3/c1-14-6-3-4-7-16(14)19-8-5-9-20(11-10-19)18(21)17-15(2)22-12-13-23-17/h3-4,6-7H,5,8-13H2,1-2H3. The molecule has 3 rings (SSSR count). The molecule has 1 aromatic rings. The fourth-order valence-electron chi connectivity index (χ4n) is 3.14. The Morgan fingerprint density at radius 2 is 1.78 bits per heavy atom. The maximum Gasteiger partial charge on any atom is 0.292 e. The van der Waals surface area contributed by atoms with Crippen LogP contribution < -0.4 is 4.90 Å². The van der Waals surface area contributed by atoms with Crippen LogP contribution in [0.25, 0.3) is 0 Å². The molecule has 0 unspecified atom stereocenters. The zero-order chi connectivity index (χ0) is 16.2. The number of anilines is 1. The van der Waals surface area contributed by atoms with Crippen LogP contribution in [0.2, 0.25) is 0 Å². The molecule has 0 atom stereocenters. The van der Waals surface area contributed by atoms with E-state index >= 15 is 0 Å². The Hall–Kier alpha value is -2.17. The molecule has 5 heteroatoms. The first kappa shape index (κ1) is 15.7.